The molecule has 3 N–H and O–H groups in total. The normalized spacial score (nSPS) is 12.7. The number of carboxylic acids is 1. The van der Waals surface area contributed by atoms with Gasteiger partial charge in [0.25, 0.3) is 5.91 Å². The van der Waals surface area contributed by atoms with Gasteiger partial charge in [0.15, 0.2) is 0 Å². The van der Waals surface area contributed by atoms with Crippen LogP contribution in [0, 0.1) is 5.41 Å². The Balaban J connectivity index is 2.18. The van der Waals surface area contributed by atoms with Crippen LogP contribution in [0.3, 0.4) is 0 Å². The van der Waals surface area contributed by atoms with E-state index in [0.717, 1.165) is 5.56 Å². The van der Waals surface area contributed by atoms with Crippen molar-refractivity contribution in [1.29, 1.82) is 0 Å². The summed E-state index contributed by atoms with van der Waals surface area (Å²) in [5.41, 5.74) is -1.07. The van der Waals surface area contributed by atoms with Gasteiger partial charge >= 0.3 is 5.97 Å². The lowest BCUT2D eigenvalue weighted by Gasteiger charge is -2.35. The SMILES string of the molecule is CC(C)(NC(=O)c1ccccc1)C(=O)N[C@H](Cc1ccccc1)C(C)(C)C(=O)O. The van der Waals surface area contributed by atoms with Gasteiger partial charge in [0.1, 0.15) is 5.54 Å². The summed E-state index contributed by atoms with van der Waals surface area (Å²) >= 11 is 0. The molecule has 0 spiro atoms. The molecule has 0 aliphatic carbocycles. The van der Waals surface area contributed by atoms with E-state index in [1.807, 2.05) is 30.3 Å². The zero-order valence-electron chi connectivity index (χ0n) is 17.2. The van der Waals surface area contributed by atoms with E-state index in [4.69, 9.17) is 0 Å². The lowest BCUT2D eigenvalue weighted by Crippen LogP contribution is -2.60. The summed E-state index contributed by atoms with van der Waals surface area (Å²) in [6, 6.07) is 17.3. The molecule has 154 valence electrons. The Labute approximate surface area is 171 Å². The quantitative estimate of drug-likeness (QED) is 0.639. The summed E-state index contributed by atoms with van der Waals surface area (Å²) in [4.78, 5) is 37.3. The topological polar surface area (TPSA) is 95.5 Å². The van der Waals surface area contributed by atoms with Gasteiger partial charge in [-0.05, 0) is 51.8 Å². The van der Waals surface area contributed by atoms with Crippen molar-refractivity contribution < 1.29 is 19.5 Å². The number of carboxylic acid groups (broad SMARTS) is 1. The van der Waals surface area contributed by atoms with Gasteiger partial charge in [-0.15, -0.1) is 0 Å². The van der Waals surface area contributed by atoms with E-state index in [1.54, 1.807) is 58.0 Å². The molecule has 2 aromatic carbocycles. The summed E-state index contributed by atoms with van der Waals surface area (Å²) in [6.07, 6.45) is 0.356. The second-order valence-electron chi connectivity index (χ2n) is 8.19. The maximum absolute atomic E-state index is 13.0. The number of benzene rings is 2. The fourth-order valence-electron chi connectivity index (χ4n) is 2.83. The van der Waals surface area contributed by atoms with Crippen LogP contribution in [0.1, 0.15) is 43.6 Å². The Morgan fingerprint density at radius 3 is 1.93 bits per heavy atom. The van der Waals surface area contributed by atoms with Crippen molar-refractivity contribution in [3.05, 3.63) is 71.8 Å². The highest BCUT2D eigenvalue weighted by atomic mass is 16.4. The van der Waals surface area contributed by atoms with Crippen molar-refractivity contribution in [3.8, 4) is 0 Å². The molecule has 0 bridgehead atoms. The van der Waals surface area contributed by atoms with Gasteiger partial charge in [-0.3, -0.25) is 14.4 Å². The van der Waals surface area contributed by atoms with Crippen molar-refractivity contribution in [1.82, 2.24) is 10.6 Å². The van der Waals surface area contributed by atoms with E-state index in [1.165, 1.54) is 0 Å². The van der Waals surface area contributed by atoms with Crippen molar-refractivity contribution in [2.45, 2.75) is 45.7 Å². The average molecular weight is 396 g/mol. The number of carbonyl (C=O) groups excluding carboxylic acids is 2. The highest BCUT2D eigenvalue weighted by Gasteiger charge is 2.40. The van der Waals surface area contributed by atoms with E-state index < -0.39 is 28.9 Å². The lowest BCUT2D eigenvalue weighted by molar-refractivity contribution is -0.149. The zero-order valence-corrected chi connectivity index (χ0v) is 17.2. The van der Waals surface area contributed by atoms with Crippen LogP contribution in [0.2, 0.25) is 0 Å². The number of hydrogen-bond donors (Lipinski definition) is 3. The fourth-order valence-corrected chi connectivity index (χ4v) is 2.83. The van der Waals surface area contributed by atoms with E-state index in [-0.39, 0.29) is 5.91 Å². The molecule has 0 aromatic heterocycles. The molecule has 2 amide bonds. The molecule has 0 aliphatic heterocycles. The van der Waals surface area contributed by atoms with E-state index >= 15 is 0 Å². The summed E-state index contributed by atoms with van der Waals surface area (Å²) in [7, 11) is 0. The fraction of sp³-hybridized carbons (Fsp3) is 0.348. The molecular weight excluding hydrogens is 368 g/mol. The third-order valence-corrected chi connectivity index (χ3v) is 5.04. The Morgan fingerprint density at radius 2 is 1.41 bits per heavy atom. The van der Waals surface area contributed by atoms with E-state index in [0.29, 0.717) is 12.0 Å². The molecule has 0 saturated heterocycles. The summed E-state index contributed by atoms with van der Waals surface area (Å²) in [6.45, 7) is 6.35. The third-order valence-electron chi connectivity index (χ3n) is 5.04. The van der Waals surface area contributed by atoms with Gasteiger partial charge in [-0.2, -0.15) is 0 Å². The predicted molar refractivity (Wildman–Crippen MR) is 111 cm³/mol. The second kappa shape index (κ2) is 8.90. The van der Waals surface area contributed by atoms with Crippen molar-refractivity contribution in [2.75, 3.05) is 0 Å². The Hall–Kier alpha value is -3.15. The van der Waals surface area contributed by atoms with Crippen molar-refractivity contribution >= 4 is 17.8 Å². The van der Waals surface area contributed by atoms with Gasteiger partial charge in [0, 0.05) is 11.6 Å². The number of nitrogens with one attached hydrogen (secondary N) is 2. The van der Waals surface area contributed by atoms with Crippen LogP contribution in [0.25, 0.3) is 0 Å². The molecule has 0 fully saturated rings. The second-order valence-corrected chi connectivity index (χ2v) is 8.19. The van der Waals surface area contributed by atoms with Gasteiger partial charge < -0.3 is 15.7 Å². The monoisotopic (exact) mass is 396 g/mol. The van der Waals surface area contributed by atoms with E-state index in [2.05, 4.69) is 10.6 Å². The molecule has 0 saturated carbocycles. The van der Waals surface area contributed by atoms with Crippen LogP contribution in [-0.2, 0) is 16.0 Å². The van der Waals surface area contributed by atoms with Crippen LogP contribution in [0.5, 0.6) is 0 Å². The van der Waals surface area contributed by atoms with Gasteiger partial charge in [-0.25, -0.2) is 0 Å². The van der Waals surface area contributed by atoms with Crippen LogP contribution in [-0.4, -0.2) is 34.5 Å². The van der Waals surface area contributed by atoms with Crippen LogP contribution in [0.4, 0.5) is 0 Å². The summed E-state index contributed by atoms with van der Waals surface area (Å²) < 4.78 is 0. The number of hydrogen-bond acceptors (Lipinski definition) is 3. The third kappa shape index (κ3) is 5.67. The first-order valence-electron chi connectivity index (χ1n) is 9.50. The zero-order chi connectivity index (χ0) is 21.7. The van der Waals surface area contributed by atoms with Crippen LogP contribution >= 0.6 is 0 Å². The minimum atomic E-state index is -1.23. The minimum Gasteiger partial charge on any atom is -0.481 e. The standard InChI is InChI=1S/C23H28N2O4/c1-22(2,21(28)29)18(15-16-11-7-5-8-12-16)24-20(27)23(3,4)25-19(26)17-13-9-6-10-14-17/h5-14,18H,15H2,1-4H3,(H,24,27)(H,25,26)(H,28,29)/t18-/m1/s1. The molecule has 0 aliphatic rings. The molecule has 2 rings (SSSR count). The van der Waals surface area contributed by atoms with Crippen LogP contribution in [0.15, 0.2) is 60.7 Å². The lowest BCUT2D eigenvalue weighted by atomic mass is 9.80. The van der Waals surface area contributed by atoms with Gasteiger partial charge in [0.05, 0.1) is 5.41 Å². The molecule has 0 radical (unpaired) electrons. The molecule has 1 atom stereocenters. The van der Waals surface area contributed by atoms with Gasteiger partial charge in [-0.1, -0.05) is 48.5 Å². The van der Waals surface area contributed by atoms with Crippen molar-refractivity contribution in [3.63, 3.8) is 0 Å². The highest BCUT2D eigenvalue weighted by Crippen LogP contribution is 2.25. The van der Waals surface area contributed by atoms with Crippen LogP contribution < -0.4 is 10.6 Å². The predicted octanol–water partition coefficient (Wildman–Crippen LogP) is 3.03. The smallest absolute Gasteiger partial charge is 0.311 e. The maximum atomic E-state index is 13.0. The first-order chi connectivity index (χ1) is 13.5. The Morgan fingerprint density at radius 1 is 0.897 bits per heavy atom. The van der Waals surface area contributed by atoms with E-state index in [9.17, 15) is 19.5 Å². The molecular formula is C23H28N2O4. The Kier molecular flexibility index (Phi) is 6.80. The molecule has 2 aromatic rings. The van der Waals surface area contributed by atoms with Gasteiger partial charge in [0.2, 0.25) is 5.91 Å². The highest BCUT2D eigenvalue weighted by molar-refractivity contribution is 5.99. The number of amides is 2. The average Bonchev–Trinajstić information content (AvgIpc) is 2.68. The first-order valence-corrected chi connectivity index (χ1v) is 9.50. The van der Waals surface area contributed by atoms with Crippen molar-refractivity contribution in [2.24, 2.45) is 5.41 Å². The molecule has 6 heteroatoms. The number of carbonyl (C=O) groups is 3. The molecule has 0 unspecified atom stereocenters. The maximum Gasteiger partial charge on any atom is 0.311 e. The minimum absolute atomic E-state index is 0.356. The molecule has 0 heterocycles. The summed E-state index contributed by atoms with van der Waals surface area (Å²) in [5, 5.41) is 15.3. The largest absolute Gasteiger partial charge is 0.481 e. The molecule has 6 nitrogen and oxygen atoms in total. The Bertz CT molecular complexity index is 861. The first kappa shape index (κ1) is 22.1. The number of aliphatic carboxylic acids is 1. The number of rotatable bonds is 8. The summed E-state index contributed by atoms with van der Waals surface area (Å²) in [5.74, 6) is -1.83. The molecule has 29 heavy (non-hydrogen) atoms.